The Bertz CT molecular complexity index is 194. The van der Waals surface area contributed by atoms with Crippen LogP contribution in [0.4, 0.5) is 0 Å². The topological polar surface area (TPSA) is 3.24 Å². The van der Waals surface area contributed by atoms with Crippen molar-refractivity contribution < 1.29 is 51.4 Å². The minimum atomic E-state index is 0. The fraction of sp³-hybridized carbons (Fsp3) is 0.750. The van der Waals surface area contributed by atoms with Gasteiger partial charge in [0.05, 0.1) is 0 Å². The number of hydrogen-bond acceptors (Lipinski definition) is 1. The Balaban J connectivity index is 0.00000169. The third kappa shape index (κ3) is 6.61. The quantitative estimate of drug-likeness (QED) is 0.326. The average Bonchev–Trinajstić information content (AvgIpc) is 2.08. The zero-order valence-corrected chi connectivity index (χ0v) is 13.0. The summed E-state index contributed by atoms with van der Waals surface area (Å²) in [6.45, 7) is 6.58. The molecule has 0 atom stereocenters. The first-order valence-electron chi connectivity index (χ1n) is 5.22. The van der Waals surface area contributed by atoms with Crippen LogP contribution < -0.4 is 51.4 Å². The maximum absolute atomic E-state index is 3.94. The number of piperidine rings is 1. The van der Waals surface area contributed by atoms with Gasteiger partial charge in [0.15, 0.2) is 0 Å². The van der Waals surface area contributed by atoms with Crippen LogP contribution in [0.5, 0.6) is 0 Å². The molecule has 1 fully saturated rings. The van der Waals surface area contributed by atoms with E-state index in [0.29, 0.717) is 5.92 Å². The van der Waals surface area contributed by atoms with Crippen LogP contribution in [0.2, 0.25) is 0 Å². The smallest absolute Gasteiger partial charge is 0.459 e. The van der Waals surface area contributed by atoms with E-state index >= 15 is 0 Å². The minimum absolute atomic E-state index is 0. The Labute approximate surface area is 131 Å². The number of hydrogen-bond donors (Lipinski definition) is 0. The first-order chi connectivity index (χ1) is 6.18. The van der Waals surface area contributed by atoms with Gasteiger partial charge in [-0.1, -0.05) is 13.8 Å². The van der Waals surface area contributed by atoms with Crippen LogP contribution in [0.15, 0.2) is 0 Å². The molecule has 0 spiro atoms. The van der Waals surface area contributed by atoms with Crippen molar-refractivity contribution in [1.82, 2.24) is 4.90 Å². The van der Waals surface area contributed by atoms with Crippen LogP contribution in [-0.2, 0) is 0 Å². The predicted molar refractivity (Wildman–Crippen MR) is 56.9 cm³/mol. The maximum Gasteiger partial charge on any atom is 1.00 e. The zero-order valence-electron chi connectivity index (χ0n) is 9.84. The summed E-state index contributed by atoms with van der Waals surface area (Å²) in [7, 11) is 3.94. The molecular formula is C12H20KN. The van der Waals surface area contributed by atoms with Crippen molar-refractivity contribution in [2.45, 2.75) is 33.1 Å². The van der Waals surface area contributed by atoms with Gasteiger partial charge in [0.1, 0.15) is 0 Å². The molecular weight excluding hydrogens is 197 g/mol. The summed E-state index contributed by atoms with van der Waals surface area (Å²) in [4.78, 5) is 2.16. The molecule has 0 saturated carbocycles. The molecule has 2 heteroatoms. The van der Waals surface area contributed by atoms with E-state index in [-0.39, 0.29) is 51.4 Å². The minimum Gasteiger partial charge on any atom is -0.459 e. The van der Waals surface area contributed by atoms with Crippen molar-refractivity contribution in [2.75, 3.05) is 13.1 Å². The summed E-state index contributed by atoms with van der Waals surface area (Å²) >= 11 is 0. The van der Waals surface area contributed by atoms with Gasteiger partial charge in [-0.25, -0.2) is 0 Å². The van der Waals surface area contributed by atoms with Gasteiger partial charge in [-0.3, -0.25) is 7.05 Å². The van der Waals surface area contributed by atoms with Crippen molar-refractivity contribution in [3.05, 3.63) is 7.05 Å². The van der Waals surface area contributed by atoms with Crippen LogP contribution in [-0.4, -0.2) is 18.0 Å². The van der Waals surface area contributed by atoms with E-state index in [1.165, 1.54) is 12.8 Å². The van der Waals surface area contributed by atoms with Gasteiger partial charge in [-0.05, 0) is 31.8 Å². The van der Waals surface area contributed by atoms with E-state index in [1.54, 1.807) is 0 Å². The standard InChI is InChI=1S/C12H20N.K/c1-11(2)5-4-6-12-7-9-13(3)10-8-12;/h11-12H,3,6-10H2,1-2H3;/q-1;+1. The van der Waals surface area contributed by atoms with Crippen molar-refractivity contribution in [3.63, 3.8) is 0 Å². The normalized spacial score (nSPS) is 18.6. The van der Waals surface area contributed by atoms with Gasteiger partial charge in [-0.2, -0.15) is 0 Å². The largest absolute Gasteiger partial charge is 1.00 e. The first-order valence-corrected chi connectivity index (χ1v) is 5.22. The van der Waals surface area contributed by atoms with E-state index in [2.05, 4.69) is 37.6 Å². The molecule has 0 unspecified atom stereocenters. The summed E-state index contributed by atoms with van der Waals surface area (Å²) in [5.41, 5.74) is 0. The second kappa shape index (κ2) is 8.32. The van der Waals surface area contributed by atoms with Gasteiger partial charge >= 0.3 is 51.4 Å². The van der Waals surface area contributed by atoms with Crippen molar-refractivity contribution in [1.29, 1.82) is 0 Å². The van der Waals surface area contributed by atoms with Crippen molar-refractivity contribution >= 4 is 0 Å². The Morgan fingerprint density at radius 2 is 1.93 bits per heavy atom. The second-order valence-corrected chi connectivity index (χ2v) is 4.24. The van der Waals surface area contributed by atoms with E-state index in [4.69, 9.17) is 0 Å². The summed E-state index contributed by atoms with van der Waals surface area (Å²) < 4.78 is 0. The van der Waals surface area contributed by atoms with Crippen molar-refractivity contribution in [2.24, 2.45) is 11.8 Å². The maximum atomic E-state index is 3.94. The molecule has 1 saturated heterocycles. The fourth-order valence-corrected chi connectivity index (χ4v) is 1.60. The first kappa shape index (κ1) is 15.2. The van der Waals surface area contributed by atoms with Gasteiger partial charge in [-0.15, -0.1) is 11.8 Å². The van der Waals surface area contributed by atoms with Gasteiger partial charge in [0.25, 0.3) is 0 Å². The SMILES string of the molecule is [CH2-]N1CCC(CC#CC(C)C)CC1.[K+]. The molecule has 0 N–H and O–H groups in total. The Morgan fingerprint density at radius 1 is 1.36 bits per heavy atom. The Morgan fingerprint density at radius 3 is 2.43 bits per heavy atom. The molecule has 0 aliphatic carbocycles. The second-order valence-electron chi connectivity index (χ2n) is 4.24. The average molecular weight is 217 g/mol. The van der Waals surface area contributed by atoms with Crippen LogP contribution in [0.3, 0.4) is 0 Å². The summed E-state index contributed by atoms with van der Waals surface area (Å²) in [6.07, 6.45) is 3.64. The molecule has 0 bridgehead atoms. The van der Waals surface area contributed by atoms with E-state index in [1.807, 2.05) is 0 Å². The molecule has 1 rings (SSSR count). The van der Waals surface area contributed by atoms with Crippen LogP contribution >= 0.6 is 0 Å². The number of nitrogens with zero attached hydrogens (tertiary/aromatic N) is 1. The van der Waals surface area contributed by atoms with Crippen LogP contribution in [0.1, 0.15) is 33.1 Å². The summed E-state index contributed by atoms with van der Waals surface area (Å²) in [6, 6.07) is 0. The van der Waals surface area contributed by atoms with Gasteiger partial charge in [0.2, 0.25) is 0 Å². The third-order valence-electron chi connectivity index (χ3n) is 2.49. The van der Waals surface area contributed by atoms with Gasteiger partial charge < -0.3 is 4.90 Å². The molecule has 0 aromatic carbocycles. The number of likely N-dealkylation sites (tertiary alicyclic amines) is 1. The molecule has 0 aromatic heterocycles. The Kier molecular flexibility index (Phi) is 9.01. The van der Waals surface area contributed by atoms with E-state index in [0.717, 1.165) is 25.4 Å². The molecule has 74 valence electrons. The molecule has 1 nitrogen and oxygen atoms in total. The van der Waals surface area contributed by atoms with Crippen LogP contribution in [0.25, 0.3) is 0 Å². The molecule has 0 amide bonds. The summed E-state index contributed by atoms with van der Waals surface area (Å²) in [5, 5.41) is 0. The van der Waals surface area contributed by atoms with E-state index in [9.17, 15) is 0 Å². The zero-order chi connectivity index (χ0) is 9.68. The van der Waals surface area contributed by atoms with Gasteiger partial charge in [0, 0.05) is 12.3 Å². The Hall–Kier alpha value is 1.16. The predicted octanol–water partition coefficient (Wildman–Crippen LogP) is -0.457. The molecule has 14 heavy (non-hydrogen) atoms. The van der Waals surface area contributed by atoms with E-state index < -0.39 is 0 Å². The molecule has 0 aromatic rings. The number of rotatable bonds is 1. The molecule has 1 heterocycles. The molecule has 1 aliphatic rings. The summed E-state index contributed by atoms with van der Waals surface area (Å²) in [5.74, 6) is 7.85. The van der Waals surface area contributed by atoms with Crippen molar-refractivity contribution in [3.8, 4) is 11.8 Å². The monoisotopic (exact) mass is 217 g/mol. The van der Waals surface area contributed by atoms with Crippen LogP contribution in [0, 0.1) is 30.7 Å². The molecule has 1 aliphatic heterocycles. The third-order valence-corrected chi connectivity index (χ3v) is 2.49. The molecule has 0 radical (unpaired) electrons. The fourth-order valence-electron chi connectivity index (χ4n) is 1.60.